The molecule has 10 heteroatoms. The maximum Gasteiger partial charge on any atom is 0.355 e. The highest BCUT2D eigenvalue weighted by molar-refractivity contribution is 6.34. The lowest BCUT2D eigenvalue weighted by Gasteiger charge is -2.40. The molecular weight excluding hydrogens is 545 g/mol. The van der Waals surface area contributed by atoms with Crippen LogP contribution in [0.3, 0.4) is 0 Å². The van der Waals surface area contributed by atoms with Crippen molar-refractivity contribution < 1.29 is 14.3 Å². The molecule has 0 bridgehead atoms. The first-order chi connectivity index (χ1) is 19.7. The number of aryl methyl sites for hydroxylation is 2. The molecule has 0 radical (unpaired) electrons. The third-order valence-corrected chi connectivity index (χ3v) is 7.89. The number of nitrogens with zero attached hydrogens (tertiary/aromatic N) is 5. The summed E-state index contributed by atoms with van der Waals surface area (Å²) in [5.74, 6) is -0.791. The van der Waals surface area contributed by atoms with E-state index in [1.54, 1.807) is 11.0 Å². The molecule has 1 fully saturated rings. The molecule has 0 aliphatic carbocycles. The van der Waals surface area contributed by atoms with E-state index in [9.17, 15) is 14.7 Å². The molecule has 0 saturated carbocycles. The monoisotopic (exact) mass is 575 g/mol. The molecule has 1 amide bonds. The van der Waals surface area contributed by atoms with E-state index in [1.165, 1.54) is 28.8 Å². The molecule has 2 aromatic heterocycles. The summed E-state index contributed by atoms with van der Waals surface area (Å²) in [6.45, 7) is 10.8. The van der Waals surface area contributed by atoms with Gasteiger partial charge < -0.3 is 14.9 Å². The lowest BCUT2D eigenvalue weighted by molar-refractivity contribution is -0.126. The molecule has 4 aromatic rings. The van der Waals surface area contributed by atoms with Crippen LogP contribution in [0.25, 0.3) is 28.0 Å². The van der Waals surface area contributed by atoms with Gasteiger partial charge in [0.05, 0.1) is 27.4 Å². The van der Waals surface area contributed by atoms with Gasteiger partial charge in [0.1, 0.15) is 17.4 Å². The van der Waals surface area contributed by atoms with Crippen molar-refractivity contribution in [3.8, 4) is 22.7 Å². The van der Waals surface area contributed by atoms with Gasteiger partial charge in [-0.05, 0) is 55.2 Å². The van der Waals surface area contributed by atoms with Crippen LogP contribution in [0.4, 0.5) is 10.2 Å². The SMILES string of the molecule is C=CC(=O)N1CCN(c2nc(=O)n(-c3c(CC)cccc3CC)c3nc(-c4c(O)cccc4F)c(Cl)cc23)C(C)C1. The maximum atomic E-state index is 15.0. The Morgan fingerprint density at radius 2 is 1.83 bits per heavy atom. The standard InChI is InChI=1S/C31H31ClFN5O3/c1-5-19-10-8-11-20(6-2)28(19)38-30-21(16-22(32)27(34-30)26-23(33)12-9-13-24(26)39)29(35-31(38)41)37-15-14-36(17-18(37)4)25(40)7-3/h7-13,16,18,39H,3,5-6,14-15,17H2,1-2,4H3. The second kappa shape index (κ2) is 11.3. The van der Waals surface area contributed by atoms with Crippen LogP contribution in [0.5, 0.6) is 5.75 Å². The molecule has 0 spiro atoms. The van der Waals surface area contributed by atoms with E-state index >= 15 is 4.39 Å². The predicted molar refractivity (Wildman–Crippen MR) is 160 cm³/mol. The Balaban J connectivity index is 1.83. The van der Waals surface area contributed by atoms with Gasteiger partial charge in [-0.2, -0.15) is 4.98 Å². The second-order valence-electron chi connectivity index (χ2n) is 10.0. The van der Waals surface area contributed by atoms with Crippen LogP contribution in [0.1, 0.15) is 31.9 Å². The van der Waals surface area contributed by atoms with Crippen LogP contribution in [0, 0.1) is 5.82 Å². The van der Waals surface area contributed by atoms with E-state index in [1.807, 2.05) is 43.9 Å². The number of hydrogen-bond donors (Lipinski definition) is 1. The van der Waals surface area contributed by atoms with Crippen LogP contribution >= 0.6 is 11.6 Å². The fourth-order valence-corrected chi connectivity index (χ4v) is 5.80. The number of benzene rings is 2. The Morgan fingerprint density at radius 1 is 1.15 bits per heavy atom. The summed E-state index contributed by atoms with van der Waals surface area (Å²) in [6.07, 6.45) is 2.60. The minimum atomic E-state index is -0.693. The normalized spacial score (nSPS) is 15.4. The predicted octanol–water partition coefficient (Wildman–Crippen LogP) is 5.29. The van der Waals surface area contributed by atoms with Crippen LogP contribution < -0.4 is 10.6 Å². The number of piperazine rings is 1. The number of carbonyl (C=O) groups is 1. The number of para-hydroxylation sites is 1. The topological polar surface area (TPSA) is 91.6 Å². The zero-order valence-electron chi connectivity index (χ0n) is 23.2. The number of halogens is 2. The highest BCUT2D eigenvalue weighted by Crippen LogP contribution is 2.39. The molecule has 1 aliphatic rings. The van der Waals surface area contributed by atoms with Crippen LogP contribution in [-0.4, -0.2) is 56.1 Å². The van der Waals surface area contributed by atoms with Crippen LogP contribution in [0.15, 0.2) is 59.9 Å². The van der Waals surface area contributed by atoms with Gasteiger partial charge in [-0.25, -0.2) is 18.7 Å². The summed E-state index contributed by atoms with van der Waals surface area (Å²) in [4.78, 5) is 39.2. The van der Waals surface area contributed by atoms with Crippen LogP contribution in [0.2, 0.25) is 5.02 Å². The van der Waals surface area contributed by atoms with Crippen LogP contribution in [-0.2, 0) is 17.6 Å². The first-order valence-corrected chi connectivity index (χ1v) is 14.0. The molecule has 2 aromatic carbocycles. The zero-order chi connectivity index (χ0) is 29.4. The summed E-state index contributed by atoms with van der Waals surface area (Å²) < 4.78 is 16.5. The smallest absolute Gasteiger partial charge is 0.355 e. The number of fused-ring (bicyclic) bond motifs is 1. The number of aromatic nitrogens is 3. The molecule has 5 rings (SSSR count). The number of carbonyl (C=O) groups excluding carboxylic acids is 1. The number of phenols is 1. The summed E-state index contributed by atoms with van der Waals surface area (Å²) in [7, 11) is 0. The molecule has 1 aliphatic heterocycles. The highest BCUT2D eigenvalue weighted by Gasteiger charge is 2.30. The van der Waals surface area contributed by atoms with E-state index in [-0.39, 0.29) is 39.6 Å². The van der Waals surface area contributed by atoms with E-state index in [0.717, 1.165) is 11.1 Å². The minimum Gasteiger partial charge on any atom is -0.507 e. The minimum absolute atomic E-state index is 0.0153. The van der Waals surface area contributed by atoms with Gasteiger partial charge in [-0.15, -0.1) is 0 Å². The Bertz CT molecular complexity index is 1700. The quantitative estimate of drug-likeness (QED) is 0.314. The number of phenolic OH excluding ortho intramolecular Hbond substituents is 1. The molecule has 1 unspecified atom stereocenters. The maximum absolute atomic E-state index is 15.0. The Labute approximate surface area is 242 Å². The second-order valence-corrected chi connectivity index (χ2v) is 10.4. The highest BCUT2D eigenvalue weighted by atomic mass is 35.5. The summed E-state index contributed by atoms with van der Waals surface area (Å²) in [5.41, 5.74) is 2.11. The van der Waals surface area contributed by atoms with Crippen molar-refractivity contribution >= 4 is 34.4 Å². The number of hydrogen-bond acceptors (Lipinski definition) is 6. The van der Waals surface area contributed by atoms with E-state index in [0.29, 0.717) is 49.4 Å². The third-order valence-electron chi connectivity index (χ3n) is 7.60. The Kier molecular flexibility index (Phi) is 7.82. The summed E-state index contributed by atoms with van der Waals surface area (Å²) in [5, 5.41) is 11.2. The average Bonchev–Trinajstić information content (AvgIpc) is 2.96. The lowest BCUT2D eigenvalue weighted by Crippen LogP contribution is -2.54. The van der Waals surface area contributed by atoms with E-state index in [2.05, 4.69) is 11.6 Å². The van der Waals surface area contributed by atoms with Gasteiger partial charge in [0.15, 0.2) is 5.65 Å². The molecule has 3 heterocycles. The van der Waals surface area contributed by atoms with Gasteiger partial charge in [0.25, 0.3) is 0 Å². The number of aromatic hydroxyl groups is 1. The molecule has 212 valence electrons. The molecule has 41 heavy (non-hydrogen) atoms. The molecular formula is C31H31ClFN5O3. The van der Waals surface area contributed by atoms with Crippen molar-refractivity contribution in [2.75, 3.05) is 24.5 Å². The Morgan fingerprint density at radius 3 is 2.44 bits per heavy atom. The summed E-state index contributed by atoms with van der Waals surface area (Å²) in [6, 6.07) is 11.3. The zero-order valence-corrected chi connectivity index (χ0v) is 24.0. The van der Waals surface area contributed by atoms with Gasteiger partial charge >= 0.3 is 5.69 Å². The molecule has 8 nitrogen and oxygen atoms in total. The van der Waals surface area contributed by atoms with Crippen molar-refractivity contribution in [2.24, 2.45) is 0 Å². The van der Waals surface area contributed by atoms with Crippen molar-refractivity contribution in [1.29, 1.82) is 0 Å². The fourth-order valence-electron chi connectivity index (χ4n) is 5.55. The van der Waals surface area contributed by atoms with Crippen molar-refractivity contribution in [3.63, 3.8) is 0 Å². The van der Waals surface area contributed by atoms with Gasteiger partial charge in [-0.1, -0.05) is 56.3 Å². The largest absolute Gasteiger partial charge is 0.507 e. The van der Waals surface area contributed by atoms with Crippen molar-refractivity contribution in [2.45, 2.75) is 39.7 Å². The first-order valence-electron chi connectivity index (χ1n) is 13.6. The van der Waals surface area contributed by atoms with Gasteiger partial charge in [0.2, 0.25) is 5.91 Å². The lowest BCUT2D eigenvalue weighted by atomic mass is 10.0. The Hall–Kier alpha value is -4.24. The van der Waals surface area contributed by atoms with E-state index in [4.69, 9.17) is 16.6 Å². The van der Waals surface area contributed by atoms with Gasteiger partial charge in [-0.3, -0.25) is 4.79 Å². The van der Waals surface area contributed by atoms with E-state index < -0.39 is 11.5 Å². The molecule has 1 N–H and O–H groups in total. The number of pyridine rings is 1. The number of anilines is 1. The molecule has 1 atom stereocenters. The van der Waals surface area contributed by atoms with Crippen molar-refractivity contribution in [3.05, 3.63) is 87.6 Å². The third kappa shape index (κ3) is 4.95. The number of amides is 1. The first kappa shape index (κ1) is 28.3. The van der Waals surface area contributed by atoms with Gasteiger partial charge in [0, 0.05) is 25.7 Å². The number of rotatable bonds is 6. The molecule has 1 saturated heterocycles. The fraction of sp³-hybridized carbons (Fsp3) is 0.290. The average molecular weight is 576 g/mol. The van der Waals surface area contributed by atoms with Crippen molar-refractivity contribution in [1.82, 2.24) is 19.4 Å². The summed E-state index contributed by atoms with van der Waals surface area (Å²) >= 11 is 6.73.